The first-order valence-corrected chi connectivity index (χ1v) is 9.52. The summed E-state index contributed by atoms with van der Waals surface area (Å²) in [5, 5.41) is 2.44. The highest BCUT2D eigenvalue weighted by atomic mass is 32.2. The van der Waals surface area contributed by atoms with Gasteiger partial charge in [-0.1, -0.05) is 19.9 Å². The fourth-order valence-corrected chi connectivity index (χ4v) is 3.61. The molecule has 1 aromatic carbocycles. The van der Waals surface area contributed by atoms with Gasteiger partial charge in [-0.15, -0.1) is 6.58 Å². The van der Waals surface area contributed by atoms with Crippen LogP contribution >= 0.6 is 0 Å². The van der Waals surface area contributed by atoms with Gasteiger partial charge in [0.1, 0.15) is 5.82 Å². The molecule has 0 aliphatic rings. The number of benzene rings is 1. The van der Waals surface area contributed by atoms with E-state index in [2.05, 4.69) is 11.9 Å². The summed E-state index contributed by atoms with van der Waals surface area (Å²) < 4.78 is 45.1. The summed E-state index contributed by atoms with van der Waals surface area (Å²) in [5.41, 5.74) is -0.554. The van der Waals surface area contributed by atoms with Crippen molar-refractivity contribution in [2.45, 2.75) is 31.8 Å². The Balaban J connectivity index is 3.08. The van der Waals surface area contributed by atoms with E-state index in [1.54, 1.807) is 13.8 Å². The number of hydrogen-bond acceptors (Lipinski definition) is 5. The third-order valence-electron chi connectivity index (χ3n) is 3.57. The molecule has 0 aliphatic heterocycles. The van der Waals surface area contributed by atoms with E-state index in [0.29, 0.717) is 0 Å². The number of carbonyl (C=O) groups excluding carboxylic acids is 2. The van der Waals surface area contributed by atoms with Crippen molar-refractivity contribution >= 4 is 21.9 Å². The number of nitrogens with one attached hydrogen (secondary N) is 1. The van der Waals surface area contributed by atoms with Gasteiger partial charge in [-0.25, -0.2) is 17.6 Å². The Morgan fingerprint density at radius 1 is 1.35 bits per heavy atom. The molecule has 0 saturated heterocycles. The summed E-state index contributed by atoms with van der Waals surface area (Å²) >= 11 is 0. The lowest BCUT2D eigenvalue weighted by Crippen LogP contribution is -2.36. The average Bonchev–Trinajstić information content (AvgIpc) is 2.60. The average molecular weight is 386 g/mol. The smallest absolute Gasteiger partial charge is 0.341 e. The van der Waals surface area contributed by atoms with Crippen molar-refractivity contribution in [2.75, 3.05) is 19.6 Å². The topological polar surface area (TPSA) is 92.8 Å². The monoisotopic (exact) mass is 386 g/mol. The van der Waals surface area contributed by atoms with Crippen molar-refractivity contribution in [2.24, 2.45) is 0 Å². The van der Waals surface area contributed by atoms with Gasteiger partial charge < -0.3 is 10.1 Å². The molecule has 0 fully saturated rings. The first-order valence-electron chi connectivity index (χ1n) is 8.08. The molecular formula is C17H23FN2O5S. The van der Waals surface area contributed by atoms with Gasteiger partial charge in [-0.3, -0.25) is 4.79 Å². The molecule has 0 aliphatic carbocycles. The minimum absolute atomic E-state index is 0.187. The number of sulfonamides is 1. The minimum atomic E-state index is -3.86. The highest BCUT2D eigenvalue weighted by Gasteiger charge is 2.26. The molecule has 9 heteroatoms. The number of carbonyl (C=O) groups is 2. The number of esters is 1. The standard InChI is InChI=1S/C17H23FN2O5S/c1-5-10-19-16(21)12(4)25-17(22)14-11-13(8-9-15(14)18)26(23,24)20(6-2)7-3/h5,8-9,11-12H,1,6-7,10H2,2-4H3,(H,19,21)/t12-/m0/s1. The molecule has 1 amide bonds. The molecule has 1 N–H and O–H groups in total. The SMILES string of the molecule is C=CCNC(=O)[C@H](C)OC(=O)c1cc(S(=O)(=O)N(CC)CC)ccc1F. The lowest BCUT2D eigenvalue weighted by atomic mass is 10.2. The molecule has 1 rings (SSSR count). The van der Waals surface area contributed by atoms with E-state index in [4.69, 9.17) is 4.74 Å². The molecule has 0 heterocycles. The maximum atomic E-state index is 14.0. The fraction of sp³-hybridized carbons (Fsp3) is 0.412. The first-order chi connectivity index (χ1) is 12.2. The molecular weight excluding hydrogens is 363 g/mol. The van der Waals surface area contributed by atoms with E-state index >= 15 is 0 Å². The van der Waals surface area contributed by atoms with Crippen LogP contribution in [0.25, 0.3) is 0 Å². The highest BCUT2D eigenvalue weighted by Crippen LogP contribution is 2.20. The number of amides is 1. The van der Waals surface area contributed by atoms with Gasteiger partial charge in [0, 0.05) is 19.6 Å². The van der Waals surface area contributed by atoms with Crippen molar-refractivity contribution < 1.29 is 27.1 Å². The van der Waals surface area contributed by atoms with Crippen molar-refractivity contribution in [3.63, 3.8) is 0 Å². The van der Waals surface area contributed by atoms with Crippen molar-refractivity contribution in [1.82, 2.24) is 9.62 Å². The summed E-state index contributed by atoms with van der Waals surface area (Å²) in [6.45, 7) is 8.76. The molecule has 26 heavy (non-hydrogen) atoms. The summed E-state index contributed by atoms with van der Waals surface area (Å²) in [4.78, 5) is 23.7. The number of rotatable bonds is 9. The van der Waals surface area contributed by atoms with E-state index in [0.717, 1.165) is 18.2 Å². The second-order valence-corrected chi connectivity index (χ2v) is 7.25. The molecule has 0 unspecified atom stereocenters. The zero-order valence-corrected chi connectivity index (χ0v) is 15.8. The van der Waals surface area contributed by atoms with Crippen LogP contribution in [0.4, 0.5) is 4.39 Å². The van der Waals surface area contributed by atoms with Crippen LogP contribution in [0.15, 0.2) is 35.7 Å². The van der Waals surface area contributed by atoms with Crippen LogP contribution in [-0.2, 0) is 19.6 Å². The van der Waals surface area contributed by atoms with Crippen molar-refractivity contribution in [3.8, 4) is 0 Å². The Labute approximate surface area is 152 Å². The molecule has 0 bridgehead atoms. The Kier molecular flexibility index (Phi) is 7.91. The second-order valence-electron chi connectivity index (χ2n) is 5.31. The summed E-state index contributed by atoms with van der Waals surface area (Å²) in [7, 11) is -3.86. The van der Waals surface area contributed by atoms with Gasteiger partial charge in [-0.05, 0) is 25.1 Å². The molecule has 0 aromatic heterocycles. The zero-order chi connectivity index (χ0) is 19.9. The molecule has 0 spiro atoms. The largest absolute Gasteiger partial charge is 0.449 e. The van der Waals surface area contributed by atoms with Crippen molar-refractivity contribution in [3.05, 3.63) is 42.2 Å². The van der Waals surface area contributed by atoms with Gasteiger partial charge in [0.05, 0.1) is 10.5 Å². The Morgan fingerprint density at radius 2 is 1.96 bits per heavy atom. The van der Waals surface area contributed by atoms with E-state index in [1.165, 1.54) is 17.3 Å². The Hall–Kier alpha value is -2.26. The summed E-state index contributed by atoms with van der Waals surface area (Å²) in [5.74, 6) is -2.64. The maximum Gasteiger partial charge on any atom is 0.341 e. The maximum absolute atomic E-state index is 14.0. The normalized spacial score (nSPS) is 12.5. The third kappa shape index (κ3) is 5.12. The van der Waals surface area contributed by atoms with Crippen LogP contribution in [0, 0.1) is 5.82 Å². The Morgan fingerprint density at radius 3 is 2.50 bits per heavy atom. The van der Waals surface area contributed by atoms with Crippen LogP contribution in [-0.4, -0.2) is 50.3 Å². The fourth-order valence-electron chi connectivity index (χ4n) is 2.13. The highest BCUT2D eigenvalue weighted by molar-refractivity contribution is 7.89. The number of halogens is 1. The summed E-state index contributed by atoms with van der Waals surface area (Å²) in [6.07, 6.45) is 0.276. The van der Waals surface area contributed by atoms with Gasteiger partial charge in [0.25, 0.3) is 5.91 Å². The van der Waals surface area contributed by atoms with E-state index in [1.807, 2.05) is 0 Å². The lowest BCUT2D eigenvalue weighted by molar-refractivity contribution is -0.128. The lowest BCUT2D eigenvalue weighted by Gasteiger charge is -2.19. The molecule has 0 saturated carbocycles. The number of nitrogens with zero attached hydrogens (tertiary/aromatic N) is 1. The van der Waals surface area contributed by atoms with Crippen LogP contribution in [0.2, 0.25) is 0 Å². The first kappa shape index (κ1) is 21.8. The van der Waals surface area contributed by atoms with Gasteiger partial charge >= 0.3 is 5.97 Å². The van der Waals surface area contributed by atoms with Gasteiger partial charge in [-0.2, -0.15) is 4.31 Å². The van der Waals surface area contributed by atoms with Crippen molar-refractivity contribution in [1.29, 1.82) is 0 Å². The Bertz CT molecular complexity index is 775. The molecule has 1 atom stereocenters. The summed E-state index contributed by atoms with van der Waals surface area (Å²) in [6, 6.07) is 2.88. The van der Waals surface area contributed by atoms with E-state index < -0.39 is 39.4 Å². The predicted octanol–water partition coefficient (Wildman–Crippen LogP) is 1.70. The molecule has 144 valence electrons. The van der Waals surface area contributed by atoms with E-state index in [-0.39, 0.29) is 24.5 Å². The van der Waals surface area contributed by atoms with E-state index in [9.17, 15) is 22.4 Å². The third-order valence-corrected chi connectivity index (χ3v) is 5.62. The minimum Gasteiger partial charge on any atom is -0.449 e. The van der Waals surface area contributed by atoms with Crippen LogP contribution in [0.1, 0.15) is 31.1 Å². The van der Waals surface area contributed by atoms with Crippen LogP contribution in [0.3, 0.4) is 0 Å². The van der Waals surface area contributed by atoms with Gasteiger partial charge in [0.2, 0.25) is 10.0 Å². The molecule has 0 radical (unpaired) electrons. The van der Waals surface area contributed by atoms with Crippen LogP contribution < -0.4 is 5.32 Å². The quantitative estimate of drug-likeness (QED) is 0.515. The molecule has 7 nitrogen and oxygen atoms in total. The number of hydrogen-bond donors (Lipinski definition) is 1. The zero-order valence-electron chi connectivity index (χ0n) is 15.0. The molecule has 1 aromatic rings. The second kappa shape index (κ2) is 9.44. The van der Waals surface area contributed by atoms with Crippen LogP contribution in [0.5, 0.6) is 0 Å². The number of ether oxygens (including phenoxy) is 1. The predicted molar refractivity (Wildman–Crippen MR) is 94.6 cm³/mol. The van der Waals surface area contributed by atoms with Gasteiger partial charge in [0.15, 0.2) is 6.10 Å².